The molecule has 0 saturated carbocycles. The SMILES string of the molecule is Cc1ncsc1Cn1c(N)nc2cc(Cl)c(F)cc21. The molecule has 0 aliphatic carbocycles. The van der Waals surface area contributed by atoms with Gasteiger partial charge in [-0.15, -0.1) is 11.3 Å². The molecule has 2 heterocycles. The average Bonchev–Trinajstić information content (AvgIpc) is 2.88. The van der Waals surface area contributed by atoms with Gasteiger partial charge >= 0.3 is 0 Å². The highest BCUT2D eigenvalue weighted by atomic mass is 35.5. The number of hydrogen-bond donors (Lipinski definition) is 1. The molecule has 0 radical (unpaired) electrons. The number of thiazole rings is 1. The van der Waals surface area contributed by atoms with Crippen LogP contribution >= 0.6 is 22.9 Å². The predicted octanol–water partition coefficient (Wildman–Crippen LogP) is 3.22. The van der Waals surface area contributed by atoms with Crippen LogP contribution < -0.4 is 5.73 Å². The molecule has 3 rings (SSSR count). The second-order valence-corrected chi connectivity index (χ2v) is 5.52. The number of benzene rings is 1. The van der Waals surface area contributed by atoms with Crippen LogP contribution in [0.2, 0.25) is 5.02 Å². The molecule has 2 aromatic heterocycles. The highest BCUT2D eigenvalue weighted by Gasteiger charge is 2.13. The molecule has 7 heteroatoms. The van der Waals surface area contributed by atoms with Gasteiger partial charge in [0.15, 0.2) is 0 Å². The van der Waals surface area contributed by atoms with E-state index in [1.165, 1.54) is 23.5 Å². The Morgan fingerprint density at radius 3 is 2.95 bits per heavy atom. The number of fused-ring (bicyclic) bond motifs is 1. The predicted molar refractivity (Wildman–Crippen MR) is 75.1 cm³/mol. The molecule has 0 unspecified atom stereocenters. The zero-order valence-electron chi connectivity index (χ0n) is 10.0. The summed E-state index contributed by atoms with van der Waals surface area (Å²) >= 11 is 7.28. The molecule has 0 amide bonds. The van der Waals surface area contributed by atoms with Crippen LogP contribution in [0.25, 0.3) is 11.0 Å². The number of hydrogen-bond acceptors (Lipinski definition) is 4. The summed E-state index contributed by atoms with van der Waals surface area (Å²) in [6.07, 6.45) is 0. The van der Waals surface area contributed by atoms with Gasteiger partial charge in [0, 0.05) is 10.9 Å². The summed E-state index contributed by atoms with van der Waals surface area (Å²) in [4.78, 5) is 9.46. The molecule has 0 bridgehead atoms. The van der Waals surface area contributed by atoms with Crippen molar-refractivity contribution < 1.29 is 4.39 Å². The van der Waals surface area contributed by atoms with Gasteiger partial charge in [0.05, 0.1) is 33.8 Å². The van der Waals surface area contributed by atoms with Crippen LogP contribution in [0.5, 0.6) is 0 Å². The van der Waals surface area contributed by atoms with Gasteiger partial charge in [-0.1, -0.05) is 11.6 Å². The molecule has 1 aromatic carbocycles. The topological polar surface area (TPSA) is 56.7 Å². The van der Waals surface area contributed by atoms with Gasteiger partial charge in [-0.3, -0.25) is 0 Å². The van der Waals surface area contributed by atoms with E-state index >= 15 is 0 Å². The highest BCUT2D eigenvalue weighted by Crippen LogP contribution is 2.26. The number of nitrogen functional groups attached to an aromatic ring is 1. The summed E-state index contributed by atoms with van der Waals surface area (Å²) in [6, 6.07) is 2.84. The molecule has 2 N–H and O–H groups in total. The minimum atomic E-state index is -0.476. The number of rotatable bonds is 2. The number of halogens is 2. The molecule has 0 fully saturated rings. The Hall–Kier alpha value is -1.66. The Morgan fingerprint density at radius 2 is 2.26 bits per heavy atom. The summed E-state index contributed by atoms with van der Waals surface area (Å²) in [6.45, 7) is 2.46. The van der Waals surface area contributed by atoms with Gasteiger partial charge in [0.2, 0.25) is 5.95 Å². The van der Waals surface area contributed by atoms with Crippen molar-refractivity contribution >= 4 is 39.9 Å². The first kappa shape index (κ1) is 12.4. The van der Waals surface area contributed by atoms with Crippen molar-refractivity contribution in [3.63, 3.8) is 0 Å². The molecule has 0 atom stereocenters. The van der Waals surface area contributed by atoms with Crippen molar-refractivity contribution in [2.75, 3.05) is 5.73 Å². The summed E-state index contributed by atoms with van der Waals surface area (Å²) < 4.78 is 15.3. The Kier molecular flexibility index (Phi) is 2.91. The third-order valence-electron chi connectivity index (χ3n) is 2.97. The zero-order chi connectivity index (χ0) is 13.6. The lowest BCUT2D eigenvalue weighted by atomic mass is 10.3. The number of imidazole rings is 1. The van der Waals surface area contributed by atoms with Crippen LogP contribution in [0.1, 0.15) is 10.6 Å². The van der Waals surface area contributed by atoms with E-state index in [0.29, 0.717) is 23.5 Å². The number of nitrogens with two attached hydrogens (primary N) is 1. The normalized spacial score (nSPS) is 11.3. The van der Waals surface area contributed by atoms with Gasteiger partial charge in [0.1, 0.15) is 5.82 Å². The maximum atomic E-state index is 13.6. The van der Waals surface area contributed by atoms with Crippen molar-refractivity contribution in [2.24, 2.45) is 0 Å². The molecule has 0 saturated heterocycles. The highest BCUT2D eigenvalue weighted by molar-refractivity contribution is 7.09. The number of anilines is 1. The van der Waals surface area contributed by atoms with E-state index in [4.69, 9.17) is 17.3 Å². The van der Waals surface area contributed by atoms with Crippen molar-refractivity contribution in [1.82, 2.24) is 14.5 Å². The third kappa shape index (κ3) is 2.06. The Labute approximate surface area is 117 Å². The number of nitrogens with zero attached hydrogens (tertiary/aromatic N) is 3. The van der Waals surface area contributed by atoms with Crippen molar-refractivity contribution in [3.8, 4) is 0 Å². The molecule has 4 nitrogen and oxygen atoms in total. The van der Waals surface area contributed by atoms with Crippen LogP contribution in [-0.2, 0) is 6.54 Å². The molecule has 0 aliphatic heterocycles. The van der Waals surface area contributed by atoms with Crippen molar-refractivity contribution in [1.29, 1.82) is 0 Å². The minimum Gasteiger partial charge on any atom is -0.369 e. The van der Waals surface area contributed by atoms with E-state index in [1.54, 1.807) is 10.1 Å². The standard InChI is InChI=1S/C12H10ClFN4S/c1-6-11(19-5-16-6)4-18-10-3-8(14)7(13)2-9(10)17-12(18)15/h2-3,5H,4H2,1H3,(H2,15,17). The fourth-order valence-corrected chi connectivity index (χ4v) is 2.85. The fourth-order valence-electron chi connectivity index (χ4n) is 1.93. The Morgan fingerprint density at radius 1 is 1.47 bits per heavy atom. The minimum absolute atomic E-state index is 0.0473. The van der Waals surface area contributed by atoms with Gasteiger partial charge in [-0.05, 0) is 13.0 Å². The molecule has 0 aliphatic rings. The van der Waals surface area contributed by atoms with E-state index in [9.17, 15) is 4.39 Å². The average molecular weight is 297 g/mol. The molecular formula is C12H10ClFN4S. The van der Waals surface area contributed by atoms with E-state index in [2.05, 4.69) is 9.97 Å². The van der Waals surface area contributed by atoms with Crippen LogP contribution in [0, 0.1) is 12.7 Å². The van der Waals surface area contributed by atoms with Gasteiger partial charge in [-0.2, -0.15) is 0 Å². The second kappa shape index (κ2) is 4.47. The first-order valence-electron chi connectivity index (χ1n) is 5.56. The molecule has 3 aromatic rings. The van der Waals surface area contributed by atoms with Crippen LogP contribution in [-0.4, -0.2) is 14.5 Å². The first-order valence-corrected chi connectivity index (χ1v) is 6.81. The fraction of sp³-hybridized carbons (Fsp3) is 0.167. The van der Waals surface area contributed by atoms with Crippen LogP contribution in [0.3, 0.4) is 0 Å². The van der Waals surface area contributed by atoms with E-state index in [1.807, 2.05) is 6.92 Å². The smallest absolute Gasteiger partial charge is 0.201 e. The van der Waals surface area contributed by atoms with Crippen LogP contribution in [0.15, 0.2) is 17.6 Å². The van der Waals surface area contributed by atoms with E-state index in [-0.39, 0.29) is 5.02 Å². The van der Waals surface area contributed by atoms with Crippen molar-refractivity contribution in [3.05, 3.63) is 39.1 Å². The Balaban J connectivity index is 2.15. The van der Waals surface area contributed by atoms with Gasteiger partial charge < -0.3 is 10.3 Å². The number of aryl methyl sites for hydroxylation is 1. The van der Waals surface area contributed by atoms with Crippen molar-refractivity contribution in [2.45, 2.75) is 13.5 Å². The molecule has 19 heavy (non-hydrogen) atoms. The lowest BCUT2D eigenvalue weighted by Gasteiger charge is -2.05. The maximum absolute atomic E-state index is 13.6. The monoisotopic (exact) mass is 296 g/mol. The largest absolute Gasteiger partial charge is 0.369 e. The summed E-state index contributed by atoms with van der Waals surface area (Å²) in [5.74, 6) is -0.138. The second-order valence-electron chi connectivity index (χ2n) is 4.17. The number of aromatic nitrogens is 3. The summed E-state index contributed by atoms with van der Waals surface area (Å²) in [5.41, 5.74) is 9.83. The van der Waals surface area contributed by atoms with E-state index in [0.717, 1.165) is 10.6 Å². The van der Waals surface area contributed by atoms with Gasteiger partial charge in [0.25, 0.3) is 0 Å². The lowest BCUT2D eigenvalue weighted by Crippen LogP contribution is -2.04. The zero-order valence-corrected chi connectivity index (χ0v) is 11.6. The maximum Gasteiger partial charge on any atom is 0.201 e. The summed E-state index contributed by atoms with van der Waals surface area (Å²) in [7, 11) is 0. The Bertz CT molecular complexity index is 765. The lowest BCUT2D eigenvalue weighted by molar-refractivity contribution is 0.629. The summed E-state index contributed by atoms with van der Waals surface area (Å²) in [5, 5.41) is 0.0473. The molecule has 0 spiro atoms. The third-order valence-corrected chi connectivity index (χ3v) is 4.18. The van der Waals surface area contributed by atoms with Crippen LogP contribution in [0.4, 0.5) is 10.3 Å². The first-order chi connectivity index (χ1) is 9.06. The van der Waals surface area contributed by atoms with E-state index < -0.39 is 5.82 Å². The molecular weight excluding hydrogens is 287 g/mol. The van der Waals surface area contributed by atoms with Gasteiger partial charge in [-0.25, -0.2) is 14.4 Å². The quantitative estimate of drug-likeness (QED) is 0.790. The molecule has 98 valence electrons.